The van der Waals surface area contributed by atoms with Crippen molar-refractivity contribution < 1.29 is 13.2 Å². The van der Waals surface area contributed by atoms with Crippen LogP contribution in [-0.2, 0) is 6.42 Å². The molecule has 0 N–H and O–H groups in total. The Hall–Kier alpha value is -2.55. The summed E-state index contributed by atoms with van der Waals surface area (Å²) >= 11 is 0. The highest BCUT2D eigenvalue weighted by Gasteiger charge is 2.08. The molecule has 0 amide bonds. The molecule has 0 aliphatic rings. The van der Waals surface area contributed by atoms with E-state index in [1.54, 1.807) is 0 Å². The zero-order chi connectivity index (χ0) is 18.5. The number of halogens is 3. The van der Waals surface area contributed by atoms with Gasteiger partial charge in [-0.25, -0.2) is 8.78 Å². The van der Waals surface area contributed by atoms with Gasteiger partial charge in [0.15, 0.2) is 0 Å². The Balaban J connectivity index is 1.77. The maximum absolute atomic E-state index is 13.8. The van der Waals surface area contributed by atoms with Gasteiger partial charge in [0.05, 0.1) is 6.67 Å². The van der Waals surface area contributed by atoms with Crippen LogP contribution in [0.4, 0.5) is 13.2 Å². The maximum atomic E-state index is 13.8. The summed E-state index contributed by atoms with van der Waals surface area (Å²) in [5, 5.41) is 0. The molecule has 3 aromatic carbocycles. The van der Waals surface area contributed by atoms with Crippen LogP contribution in [0.15, 0.2) is 60.7 Å². The lowest BCUT2D eigenvalue weighted by Gasteiger charge is -2.08. The van der Waals surface area contributed by atoms with Crippen LogP contribution >= 0.6 is 0 Å². The van der Waals surface area contributed by atoms with Crippen molar-refractivity contribution in [1.82, 2.24) is 0 Å². The molecule has 0 aromatic heterocycles. The second-order valence-corrected chi connectivity index (χ2v) is 6.49. The first-order chi connectivity index (χ1) is 12.6. The van der Waals surface area contributed by atoms with Gasteiger partial charge in [0.1, 0.15) is 11.6 Å². The molecular weight excluding hydrogens is 333 g/mol. The van der Waals surface area contributed by atoms with E-state index >= 15 is 0 Å². The Morgan fingerprint density at radius 3 is 1.62 bits per heavy atom. The predicted octanol–water partition coefficient (Wildman–Crippen LogP) is 6.90. The molecule has 0 unspecified atom stereocenters. The Morgan fingerprint density at radius 2 is 1.12 bits per heavy atom. The molecule has 26 heavy (non-hydrogen) atoms. The van der Waals surface area contributed by atoms with Crippen molar-refractivity contribution in [2.24, 2.45) is 0 Å². The zero-order valence-corrected chi connectivity index (χ0v) is 14.7. The van der Waals surface area contributed by atoms with E-state index in [2.05, 4.69) is 12.1 Å². The number of benzene rings is 3. The van der Waals surface area contributed by atoms with Gasteiger partial charge in [-0.15, -0.1) is 0 Å². The molecule has 3 rings (SSSR count). The summed E-state index contributed by atoms with van der Waals surface area (Å²) in [6.45, 7) is 1.16. The minimum Gasteiger partial charge on any atom is -0.251 e. The van der Waals surface area contributed by atoms with Crippen LogP contribution in [0.2, 0.25) is 0 Å². The molecule has 0 fully saturated rings. The van der Waals surface area contributed by atoms with E-state index in [4.69, 9.17) is 0 Å². The maximum Gasteiger partial charge on any atom is 0.129 e. The van der Waals surface area contributed by atoms with Crippen molar-refractivity contribution >= 4 is 0 Å². The normalized spacial score (nSPS) is 10.9. The Bertz CT molecular complexity index is 842. The minimum absolute atomic E-state index is 0.0389. The third kappa shape index (κ3) is 4.16. The average molecular weight is 354 g/mol. The fourth-order valence-electron chi connectivity index (χ4n) is 2.95. The minimum atomic E-state index is -0.535. The highest BCUT2D eigenvalue weighted by Crippen LogP contribution is 2.27. The molecule has 0 saturated carbocycles. The van der Waals surface area contributed by atoms with Crippen LogP contribution in [0.3, 0.4) is 0 Å². The van der Waals surface area contributed by atoms with Crippen LogP contribution < -0.4 is 0 Å². The highest BCUT2D eigenvalue weighted by atomic mass is 19.1. The molecule has 0 aliphatic carbocycles. The number of aryl methyl sites for hydroxylation is 1. The molecule has 0 atom stereocenters. The lowest BCUT2D eigenvalue weighted by atomic mass is 9.98. The van der Waals surface area contributed by atoms with Gasteiger partial charge in [0.2, 0.25) is 0 Å². The predicted molar refractivity (Wildman–Crippen MR) is 101 cm³/mol. The van der Waals surface area contributed by atoms with E-state index in [1.807, 2.05) is 36.4 Å². The zero-order valence-electron chi connectivity index (χ0n) is 14.7. The number of hydrogen-bond donors (Lipinski definition) is 0. The number of rotatable bonds is 6. The fourth-order valence-corrected chi connectivity index (χ4v) is 2.95. The van der Waals surface area contributed by atoms with Crippen molar-refractivity contribution in [2.75, 3.05) is 6.67 Å². The first-order valence-corrected chi connectivity index (χ1v) is 8.80. The van der Waals surface area contributed by atoms with Gasteiger partial charge < -0.3 is 0 Å². The molecule has 0 bridgehead atoms. The van der Waals surface area contributed by atoms with Crippen LogP contribution in [0.25, 0.3) is 22.3 Å². The number of alkyl halides is 1. The number of hydrogen-bond acceptors (Lipinski definition) is 0. The molecule has 3 aromatic rings. The quantitative estimate of drug-likeness (QED) is 0.422. The van der Waals surface area contributed by atoms with Crippen molar-refractivity contribution in [3.8, 4) is 22.3 Å². The monoisotopic (exact) mass is 354 g/mol. The molecule has 3 heteroatoms. The summed E-state index contributed by atoms with van der Waals surface area (Å²) < 4.78 is 39.7. The average Bonchev–Trinajstić information content (AvgIpc) is 2.67. The highest BCUT2D eigenvalue weighted by molar-refractivity contribution is 5.70. The second-order valence-electron chi connectivity index (χ2n) is 6.49. The molecule has 0 saturated heterocycles. The van der Waals surface area contributed by atoms with E-state index in [9.17, 15) is 13.2 Å². The molecular formula is C23H21F3. The van der Waals surface area contributed by atoms with Crippen LogP contribution in [0, 0.1) is 18.6 Å². The summed E-state index contributed by atoms with van der Waals surface area (Å²) in [7, 11) is 0. The fraction of sp³-hybridized carbons (Fsp3) is 0.217. The number of unbranched alkanes of at least 4 members (excludes halogenated alkanes) is 1. The lowest BCUT2D eigenvalue weighted by Crippen LogP contribution is -1.90. The molecule has 0 radical (unpaired) electrons. The summed E-state index contributed by atoms with van der Waals surface area (Å²) in [4.78, 5) is 0. The summed E-state index contributed by atoms with van der Waals surface area (Å²) in [5.41, 5.74) is 4.65. The second kappa shape index (κ2) is 8.22. The SMILES string of the molecule is Cc1c(F)cc(-c2ccc(-c3ccc(CCCCF)cc3)cc2)cc1F. The van der Waals surface area contributed by atoms with Gasteiger partial charge in [0, 0.05) is 5.56 Å². The van der Waals surface area contributed by atoms with Crippen molar-refractivity contribution in [3.05, 3.63) is 83.4 Å². The van der Waals surface area contributed by atoms with E-state index in [0.717, 1.165) is 29.5 Å². The van der Waals surface area contributed by atoms with E-state index in [0.29, 0.717) is 12.0 Å². The van der Waals surface area contributed by atoms with Gasteiger partial charge in [-0.2, -0.15) is 0 Å². The van der Waals surface area contributed by atoms with Crippen LogP contribution in [-0.4, -0.2) is 6.67 Å². The lowest BCUT2D eigenvalue weighted by molar-refractivity contribution is 0.462. The third-order valence-electron chi connectivity index (χ3n) is 4.64. The van der Waals surface area contributed by atoms with Gasteiger partial charge in [0.25, 0.3) is 0 Å². The van der Waals surface area contributed by atoms with E-state index in [1.165, 1.54) is 24.6 Å². The van der Waals surface area contributed by atoms with E-state index < -0.39 is 11.6 Å². The molecule has 0 nitrogen and oxygen atoms in total. The summed E-state index contributed by atoms with van der Waals surface area (Å²) in [6.07, 6.45) is 2.34. The third-order valence-corrected chi connectivity index (χ3v) is 4.64. The molecule has 0 aliphatic heterocycles. The Kier molecular flexibility index (Phi) is 5.77. The van der Waals surface area contributed by atoms with Gasteiger partial charge in [-0.3, -0.25) is 4.39 Å². The van der Waals surface area contributed by atoms with Crippen LogP contribution in [0.5, 0.6) is 0 Å². The Labute approximate surface area is 152 Å². The van der Waals surface area contributed by atoms with Crippen LogP contribution in [0.1, 0.15) is 24.0 Å². The van der Waals surface area contributed by atoms with Gasteiger partial charge in [-0.05, 0) is 66.1 Å². The summed E-state index contributed by atoms with van der Waals surface area (Å²) in [6, 6.07) is 18.6. The van der Waals surface area contributed by atoms with Crippen molar-refractivity contribution in [3.63, 3.8) is 0 Å². The molecule has 0 heterocycles. The van der Waals surface area contributed by atoms with Crippen molar-refractivity contribution in [1.29, 1.82) is 0 Å². The van der Waals surface area contributed by atoms with Gasteiger partial charge in [-0.1, -0.05) is 48.5 Å². The topological polar surface area (TPSA) is 0 Å². The van der Waals surface area contributed by atoms with Crippen molar-refractivity contribution in [2.45, 2.75) is 26.2 Å². The first kappa shape index (κ1) is 18.2. The van der Waals surface area contributed by atoms with E-state index in [-0.39, 0.29) is 12.2 Å². The smallest absolute Gasteiger partial charge is 0.129 e. The first-order valence-electron chi connectivity index (χ1n) is 8.80. The molecule has 134 valence electrons. The van der Waals surface area contributed by atoms with Gasteiger partial charge >= 0.3 is 0 Å². The Morgan fingerprint density at radius 1 is 0.654 bits per heavy atom. The summed E-state index contributed by atoms with van der Waals surface area (Å²) in [5.74, 6) is -1.07. The standard InChI is InChI=1S/C23H21F3/c1-16-22(25)14-21(15-23(16)26)20-11-9-19(10-12-20)18-7-5-17(6-8-18)4-2-3-13-24/h5-12,14-15H,2-4,13H2,1H3. The largest absolute Gasteiger partial charge is 0.251 e. The molecule has 0 spiro atoms.